The first-order valence-electron chi connectivity index (χ1n) is 11.1. The molecule has 0 amide bonds. The van der Waals surface area contributed by atoms with Gasteiger partial charge in [-0.15, -0.1) is 0 Å². The molecule has 0 bridgehead atoms. The third kappa shape index (κ3) is 5.97. The summed E-state index contributed by atoms with van der Waals surface area (Å²) in [5, 5.41) is 11.1. The number of nitrogens with one attached hydrogen (secondary N) is 3. The summed E-state index contributed by atoms with van der Waals surface area (Å²) in [7, 11) is 4.15. The van der Waals surface area contributed by atoms with E-state index >= 15 is 0 Å². The molecule has 3 N–H and O–H groups in total. The number of thiocarbonyl (C=S) groups is 1. The molecule has 2 aromatic rings. The summed E-state index contributed by atoms with van der Waals surface area (Å²) in [6, 6.07) is 9.06. The van der Waals surface area contributed by atoms with Crippen LogP contribution >= 0.6 is 34.8 Å². The second-order valence-electron chi connectivity index (χ2n) is 8.70. The first-order chi connectivity index (χ1) is 15.0. The zero-order valence-electron chi connectivity index (χ0n) is 18.2. The molecular weight excluding hydrogens is 519 g/mol. The highest BCUT2D eigenvalue weighted by molar-refractivity contribution is 14.1. The maximum atomic E-state index is 5.53. The van der Waals surface area contributed by atoms with Crippen LogP contribution in [-0.4, -0.2) is 41.3 Å². The molecule has 0 atom stereocenters. The zero-order valence-corrected chi connectivity index (χ0v) is 21.2. The number of nitrogens with zero attached hydrogens (tertiary/aromatic N) is 3. The Bertz CT molecular complexity index is 926. The molecule has 1 saturated carbocycles. The van der Waals surface area contributed by atoms with Gasteiger partial charge in [0.15, 0.2) is 5.11 Å². The minimum Gasteiger partial charge on any atom is -0.362 e. The van der Waals surface area contributed by atoms with Gasteiger partial charge in [0.05, 0.1) is 5.69 Å². The average molecular weight is 551 g/mol. The van der Waals surface area contributed by atoms with Gasteiger partial charge in [0.1, 0.15) is 5.82 Å². The van der Waals surface area contributed by atoms with Crippen molar-refractivity contribution in [2.75, 3.05) is 29.6 Å². The molecule has 0 spiro atoms. The van der Waals surface area contributed by atoms with Gasteiger partial charge in [-0.3, -0.25) is 0 Å². The highest BCUT2D eigenvalue weighted by Gasteiger charge is 2.24. The van der Waals surface area contributed by atoms with Gasteiger partial charge in [-0.25, -0.2) is 4.98 Å². The van der Waals surface area contributed by atoms with E-state index in [-0.39, 0.29) is 0 Å². The monoisotopic (exact) mass is 550 g/mol. The first kappa shape index (κ1) is 22.5. The van der Waals surface area contributed by atoms with Crippen molar-refractivity contribution < 1.29 is 0 Å². The number of hydrogen-bond donors (Lipinski definition) is 3. The van der Waals surface area contributed by atoms with Crippen LogP contribution in [0.4, 0.5) is 17.5 Å². The van der Waals surface area contributed by atoms with Crippen molar-refractivity contribution in [3.8, 4) is 0 Å². The molecule has 31 heavy (non-hydrogen) atoms. The molecule has 2 aliphatic rings. The van der Waals surface area contributed by atoms with Gasteiger partial charge >= 0.3 is 0 Å². The van der Waals surface area contributed by atoms with Gasteiger partial charge < -0.3 is 20.9 Å². The van der Waals surface area contributed by atoms with Gasteiger partial charge in [-0.2, -0.15) is 4.98 Å². The zero-order chi connectivity index (χ0) is 21.8. The quantitative estimate of drug-likeness (QED) is 0.368. The van der Waals surface area contributed by atoms with E-state index < -0.39 is 0 Å². The van der Waals surface area contributed by atoms with Crippen LogP contribution in [0.15, 0.2) is 24.3 Å². The van der Waals surface area contributed by atoms with Gasteiger partial charge in [0.2, 0.25) is 5.95 Å². The van der Waals surface area contributed by atoms with Crippen molar-refractivity contribution in [1.29, 1.82) is 0 Å². The molecule has 0 unspecified atom stereocenters. The fraction of sp³-hybridized carbons (Fsp3) is 0.522. The Hall–Kier alpha value is -1.68. The number of halogens is 1. The fourth-order valence-electron chi connectivity index (χ4n) is 4.49. The smallest absolute Gasteiger partial charge is 0.225 e. The predicted molar refractivity (Wildman–Crippen MR) is 141 cm³/mol. The molecule has 1 heterocycles. The minimum absolute atomic E-state index is 0.405. The lowest BCUT2D eigenvalue weighted by atomic mass is 9.91. The van der Waals surface area contributed by atoms with Gasteiger partial charge in [0, 0.05) is 41.0 Å². The molecule has 0 aliphatic heterocycles. The SMILES string of the molecule is CN(C)c1nc(NC2CCC(NC(=S)Nc3cccc(I)c3)CC2)nc2c1CCCC2. The average Bonchev–Trinajstić information content (AvgIpc) is 2.74. The maximum Gasteiger partial charge on any atom is 0.225 e. The van der Waals surface area contributed by atoms with Gasteiger partial charge in [-0.1, -0.05) is 6.07 Å². The van der Waals surface area contributed by atoms with E-state index in [1.54, 1.807) is 0 Å². The lowest BCUT2D eigenvalue weighted by Gasteiger charge is -2.31. The van der Waals surface area contributed by atoms with E-state index in [9.17, 15) is 0 Å². The second-order valence-corrected chi connectivity index (χ2v) is 10.4. The van der Waals surface area contributed by atoms with Crippen LogP contribution in [0.5, 0.6) is 0 Å². The predicted octanol–water partition coefficient (Wildman–Crippen LogP) is 4.74. The van der Waals surface area contributed by atoms with Gasteiger partial charge in [0.25, 0.3) is 0 Å². The molecule has 0 radical (unpaired) electrons. The molecule has 6 nitrogen and oxygen atoms in total. The number of benzene rings is 1. The van der Waals surface area contributed by atoms with Crippen molar-refractivity contribution in [1.82, 2.24) is 15.3 Å². The summed E-state index contributed by atoms with van der Waals surface area (Å²) in [6.07, 6.45) is 8.95. The number of aryl methyl sites for hydroxylation is 1. The molecule has 0 saturated heterocycles. The topological polar surface area (TPSA) is 65.1 Å². The van der Waals surface area contributed by atoms with Crippen LogP contribution < -0.4 is 20.9 Å². The minimum atomic E-state index is 0.405. The van der Waals surface area contributed by atoms with Crippen LogP contribution in [0.1, 0.15) is 49.8 Å². The van der Waals surface area contributed by atoms with Crippen molar-refractivity contribution >= 4 is 57.4 Å². The van der Waals surface area contributed by atoms with E-state index in [2.05, 4.69) is 69.7 Å². The fourth-order valence-corrected chi connectivity index (χ4v) is 5.32. The Morgan fingerprint density at radius 1 is 1.06 bits per heavy atom. The van der Waals surface area contributed by atoms with E-state index in [4.69, 9.17) is 22.2 Å². The molecule has 166 valence electrons. The number of rotatable bonds is 5. The van der Waals surface area contributed by atoms with E-state index in [0.29, 0.717) is 17.2 Å². The third-order valence-corrected chi connectivity index (χ3v) is 6.95. The van der Waals surface area contributed by atoms with E-state index in [0.717, 1.165) is 56.0 Å². The Morgan fingerprint density at radius 3 is 2.55 bits per heavy atom. The molecule has 2 aliphatic carbocycles. The van der Waals surface area contributed by atoms with Crippen molar-refractivity contribution in [2.45, 2.75) is 63.5 Å². The largest absolute Gasteiger partial charge is 0.362 e. The summed E-state index contributed by atoms with van der Waals surface area (Å²) in [5.41, 5.74) is 3.60. The summed E-state index contributed by atoms with van der Waals surface area (Å²) in [4.78, 5) is 11.9. The van der Waals surface area contributed by atoms with Crippen molar-refractivity contribution in [2.24, 2.45) is 0 Å². The van der Waals surface area contributed by atoms with Crippen LogP contribution in [0.25, 0.3) is 0 Å². The Kier molecular flexibility index (Phi) is 7.47. The first-order valence-corrected chi connectivity index (χ1v) is 12.6. The lowest BCUT2D eigenvalue weighted by Crippen LogP contribution is -2.42. The van der Waals surface area contributed by atoms with Crippen LogP contribution in [0.2, 0.25) is 0 Å². The second kappa shape index (κ2) is 10.3. The van der Waals surface area contributed by atoms with Crippen molar-refractivity contribution in [3.05, 3.63) is 39.1 Å². The lowest BCUT2D eigenvalue weighted by molar-refractivity contribution is 0.387. The standard InChI is InChI=1S/C23H31IN6S/c1-30(2)21-19-8-3-4-9-20(19)28-22(29-21)25-16-10-12-17(13-11-16)26-23(31)27-18-7-5-6-15(24)14-18/h5-7,14,16-17H,3-4,8-13H2,1-2H3,(H,25,28,29)(H2,26,27,31). The summed E-state index contributed by atoms with van der Waals surface area (Å²) in [5.74, 6) is 1.87. The number of fused-ring (bicyclic) bond motifs is 1. The Balaban J connectivity index is 1.30. The van der Waals surface area contributed by atoms with Gasteiger partial charge in [-0.05, 0) is 104 Å². The van der Waals surface area contributed by atoms with E-state index in [1.807, 2.05) is 12.1 Å². The highest BCUT2D eigenvalue weighted by atomic mass is 127. The summed E-state index contributed by atoms with van der Waals surface area (Å²) < 4.78 is 1.19. The number of aromatic nitrogens is 2. The molecule has 1 fully saturated rings. The molecular formula is C23H31IN6S. The summed E-state index contributed by atoms with van der Waals surface area (Å²) in [6.45, 7) is 0. The maximum absolute atomic E-state index is 5.53. The summed E-state index contributed by atoms with van der Waals surface area (Å²) >= 11 is 7.84. The molecule has 1 aromatic carbocycles. The molecule has 8 heteroatoms. The molecule has 4 rings (SSSR count). The Labute approximate surface area is 204 Å². The number of anilines is 3. The third-order valence-electron chi connectivity index (χ3n) is 6.06. The number of hydrogen-bond acceptors (Lipinski definition) is 5. The normalized spacial score (nSPS) is 20.5. The van der Waals surface area contributed by atoms with Crippen molar-refractivity contribution in [3.63, 3.8) is 0 Å². The van der Waals surface area contributed by atoms with Crippen LogP contribution in [0, 0.1) is 3.57 Å². The van der Waals surface area contributed by atoms with Crippen LogP contribution in [0.3, 0.4) is 0 Å². The molecule has 1 aromatic heterocycles. The van der Waals surface area contributed by atoms with E-state index in [1.165, 1.54) is 27.7 Å². The highest BCUT2D eigenvalue weighted by Crippen LogP contribution is 2.29. The Morgan fingerprint density at radius 2 is 1.81 bits per heavy atom. The van der Waals surface area contributed by atoms with Crippen LogP contribution in [-0.2, 0) is 12.8 Å².